The van der Waals surface area contributed by atoms with Gasteiger partial charge < -0.3 is 14.3 Å². The molecular weight excluding hydrogens is 356 g/mol. The van der Waals surface area contributed by atoms with Crippen molar-refractivity contribution in [3.8, 4) is 0 Å². The van der Waals surface area contributed by atoms with Crippen LogP contribution in [0.1, 0.15) is 44.2 Å². The summed E-state index contributed by atoms with van der Waals surface area (Å²) < 4.78 is 12.4. The third-order valence-electron chi connectivity index (χ3n) is 4.37. The number of carbonyl (C=O) groups excluding carboxylic acids is 3. The number of hydrogen-bond donors (Lipinski definition) is 0. The molecule has 140 valence electrons. The summed E-state index contributed by atoms with van der Waals surface area (Å²) in [5.74, 6) is -2.35. The molecule has 1 aromatic carbocycles. The van der Waals surface area contributed by atoms with Gasteiger partial charge in [-0.2, -0.15) is 0 Å². The van der Waals surface area contributed by atoms with Crippen LogP contribution in [0.5, 0.6) is 0 Å². The van der Waals surface area contributed by atoms with Gasteiger partial charge in [-0.3, -0.25) is 9.59 Å². The SMILES string of the molecule is CCO[C@@H]1COC[C@H]1n1cc(C(=O)ON2C(=O)c3ccccc3C2=O)nn1. The van der Waals surface area contributed by atoms with Gasteiger partial charge in [-0.15, -0.1) is 5.10 Å². The van der Waals surface area contributed by atoms with E-state index >= 15 is 0 Å². The fraction of sp³-hybridized carbons (Fsp3) is 0.353. The van der Waals surface area contributed by atoms with Gasteiger partial charge in [-0.25, -0.2) is 9.48 Å². The molecule has 1 aromatic heterocycles. The molecule has 0 aliphatic carbocycles. The fourth-order valence-electron chi connectivity index (χ4n) is 3.06. The van der Waals surface area contributed by atoms with Crippen molar-refractivity contribution in [2.75, 3.05) is 19.8 Å². The molecule has 3 heterocycles. The maximum Gasteiger partial charge on any atom is 0.385 e. The third-order valence-corrected chi connectivity index (χ3v) is 4.37. The fourth-order valence-corrected chi connectivity index (χ4v) is 3.06. The summed E-state index contributed by atoms with van der Waals surface area (Å²) in [7, 11) is 0. The minimum Gasteiger partial charge on any atom is -0.376 e. The lowest BCUT2D eigenvalue weighted by molar-refractivity contribution is -0.0588. The number of nitrogens with zero attached hydrogens (tertiary/aromatic N) is 4. The summed E-state index contributed by atoms with van der Waals surface area (Å²) in [5.41, 5.74) is 0.233. The first-order valence-corrected chi connectivity index (χ1v) is 8.41. The Morgan fingerprint density at radius 1 is 1.22 bits per heavy atom. The molecule has 2 atom stereocenters. The Hall–Kier alpha value is -3.11. The third kappa shape index (κ3) is 2.98. The highest BCUT2D eigenvalue weighted by Gasteiger charge is 2.39. The molecule has 0 bridgehead atoms. The van der Waals surface area contributed by atoms with E-state index in [2.05, 4.69) is 10.3 Å². The van der Waals surface area contributed by atoms with Gasteiger partial charge in [0.1, 0.15) is 12.1 Å². The molecule has 1 saturated heterocycles. The van der Waals surface area contributed by atoms with Crippen LogP contribution in [-0.2, 0) is 14.3 Å². The van der Waals surface area contributed by atoms with Gasteiger partial charge in [-0.05, 0) is 19.1 Å². The van der Waals surface area contributed by atoms with Crippen LogP contribution in [0, 0.1) is 0 Å². The number of carbonyl (C=O) groups is 3. The van der Waals surface area contributed by atoms with E-state index in [4.69, 9.17) is 14.3 Å². The van der Waals surface area contributed by atoms with Gasteiger partial charge >= 0.3 is 5.97 Å². The largest absolute Gasteiger partial charge is 0.385 e. The topological polar surface area (TPSA) is 113 Å². The first-order valence-electron chi connectivity index (χ1n) is 8.41. The first kappa shape index (κ1) is 17.3. The van der Waals surface area contributed by atoms with Gasteiger partial charge in [0.2, 0.25) is 0 Å². The monoisotopic (exact) mass is 372 g/mol. The number of aromatic nitrogens is 3. The van der Waals surface area contributed by atoms with E-state index in [1.54, 1.807) is 12.1 Å². The van der Waals surface area contributed by atoms with E-state index in [0.29, 0.717) is 24.9 Å². The van der Waals surface area contributed by atoms with Crippen LogP contribution in [0.2, 0.25) is 0 Å². The van der Waals surface area contributed by atoms with Crippen molar-refractivity contribution in [1.82, 2.24) is 20.1 Å². The summed E-state index contributed by atoms with van der Waals surface area (Å²) in [6, 6.07) is 6.01. The Kier molecular flexibility index (Phi) is 4.42. The Morgan fingerprint density at radius 2 is 1.93 bits per heavy atom. The number of fused-ring (bicyclic) bond motifs is 1. The van der Waals surface area contributed by atoms with E-state index in [1.807, 2.05) is 6.92 Å². The van der Waals surface area contributed by atoms with Gasteiger partial charge in [0.15, 0.2) is 5.69 Å². The summed E-state index contributed by atoms with van der Waals surface area (Å²) in [6.45, 7) is 3.20. The molecule has 10 heteroatoms. The number of hydrogen-bond acceptors (Lipinski definition) is 8. The molecule has 0 unspecified atom stereocenters. The molecule has 27 heavy (non-hydrogen) atoms. The predicted molar refractivity (Wildman–Crippen MR) is 87.6 cm³/mol. The van der Waals surface area contributed by atoms with Crippen LogP contribution < -0.4 is 0 Å². The van der Waals surface area contributed by atoms with E-state index in [-0.39, 0.29) is 29.0 Å². The number of amides is 2. The normalized spacial score (nSPS) is 21.6. The molecule has 10 nitrogen and oxygen atoms in total. The van der Waals surface area contributed by atoms with Crippen molar-refractivity contribution in [2.45, 2.75) is 19.1 Å². The second kappa shape index (κ2) is 6.89. The number of hydroxylamine groups is 2. The van der Waals surface area contributed by atoms with Gasteiger partial charge in [0, 0.05) is 6.61 Å². The molecule has 4 rings (SSSR count). The zero-order valence-electron chi connectivity index (χ0n) is 14.4. The first-order chi connectivity index (χ1) is 13.1. The van der Waals surface area contributed by atoms with Crippen molar-refractivity contribution in [3.05, 3.63) is 47.3 Å². The van der Waals surface area contributed by atoms with Crippen LogP contribution in [0.4, 0.5) is 0 Å². The highest BCUT2D eigenvalue weighted by Crippen LogP contribution is 2.24. The summed E-state index contributed by atoms with van der Waals surface area (Å²) >= 11 is 0. The molecular formula is C17H16N4O6. The summed E-state index contributed by atoms with van der Waals surface area (Å²) in [6.07, 6.45) is 1.18. The molecule has 0 N–H and O–H groups in total. The average molecular weight is 372 g/mol. The number of rotatable bonds is 5. The van der Waals surface area contributed by atoms with Crippen LogP contribution in [0.15, 0.2) is 30.5 Å². The van der Waals surface area contributed by atoms with Crippen LogP contribution in [0.3, 0.4) is 0 Å². The molecule has 0 saturated carbocycles. The molecule has 2 amide bonds. The lowest BCUT2D eigenvalue weighted by Gasteiger charge is -2.16. The zero-order chi connectivity index (χ0) is 19.0. The summed E-state index contributed by atoms with van der Waals surface area (Å²) in [5, 5.41) is 8.13. The maximum absolute atomic E-state index is 12.3. The molecule has 2 aliphatic heterocycles. The van der Waals surface area contributed by atoms with Crippen LogP contribution >= 0.6 is 0 Å². The van der Waals surface area contributed by atoms with Crippen molar-refractivity contribution in [2.24, 2.45) is 0 Å². The van der Waals surface area contributed by atoms with Crippen molar-refractivity contribution < 1.29 is 28.7 Å². The lowest BCUT2D eigenvalue weighted by Crippen LogP contribution is -2.32. The maximum atomic E-state index is 12.3. The lowest BCUT2D eigenvalue weighted by atomic mass is 10.1. The number of ether oxygens (including phenoxy) is 2. The second-order valence-corrected chi connectivity index (χ2v) is 6.01. The number of benzene rings is 1. The Labute approximate surface area is 153 Å². The molecule has 1 fully saturated rings. The zero-order valence-corrected chi connectivity index (χ0v) is 14.4. The molecule has 2 aliphatic rings. The smallest absolute Gasteiger partial charge is 0.376 e. The predicted octanol–water partition coefficient (Wildman–Crippen LogP) is 0.622. The molecule has 2 aromatic rings. The van der Waals surface area contributed by atoms with E-state index in [9.17, 15) is 14.4 Å². The molecule has 0 radical (unpaired) electrons. The van der Waals surface area contributed by atoms with Crippen molar-refractivity contribution >= 4 is 17.8 Å². The minimum absolute atomic E-state index is 0.131. The highest BCUT2D eigenvalue weighted by atomic mass is 16.7. The Bertz CT molecular complexity index is 875. The van der Waals surface area contributed by atoms with Gasteiger partial charge in [-0.1, -0.05) is 22.4 Å². The van der Waals surface area contributed by atoms with E-state index < -0.39 is 17.8 Å². The highest BCUT2D eigenvalue weighted by molar-refractivity contribution is 6.21. The quantitative estimate of drug-likeness (QED) is 0.702. The average Bonchev–Trinajstić information content (AvgIpc) is 3.38. The van der Waals surface area contributed by atoms with E-state index in [1.165, 1.54) is 23.0 Å². The van der Waals surface area contributed by atoms with Crippen LogP contribution in [0.25, 0.3) is 0 Å². The number of imide groups is 1. The van der Waals surface area contributed by atoms with Gasteiger partial charge in [0.25, 0.3) is 11.8 Å². The van der Waals surface area contributed by atoms with Crippen molar-refractivity contribution in [1.29, 1.82) is 0 Å². The van der Waals surface area contributed by atoms with E-state index in [0.717, 1.165) is 0 Å². The second-order valence-electron chi connectivity index (χ2n) is 6.01. The Morgan fingerprint density at radius 3 is 2.59 bits per heavy atom. The Balaban J connectivity index is 1.48. The van der Waals surface area contributed by atoms with Crippen LogP contribution in [-0.4, -0.2) is 63.8 Å². The standard InChI is InChI=1S/C17H16N4O6/c1-2-26-14-9-25-8-13(14)20-7-12(18-19-20)17(24)27-21-15(22)10-5-3-4-6-11(10)16(21)23/h3-7,13-14H,2,8-9H2,1H3/t13-,14-/m1/s1. The van der Waals surface area contributed by atoms with Gasteiger partial charge in [0.05, 0.1) is 30.5 Å². The molecule has 0 spiro atoms. The minimum atomic E-state index is -0.956. The van der Waals surface area contributed by atoms with Crippen molar-refractivity contribution in [3.63, 3.8) is 0 Å². The summed E-state index contributed by atoms with van der Waals surface area (Å²) in [4.78, 5) is 41.8.